The molecule has 2 N–H and O–H groups in total. The molecule has 0 heterocycles. The molecular weight excluding hydrogens is 345 g/mol. The second kappa shape index (κ2) is 6.98. The Balaban J connectivity index is 2.08. The molecule has 0 spiro atoms. The first-order valence-corrected chi connectivity index (χ1v) is 8.70. The first kappa shape index (κ1) is 16.4. The van der Waals surface area contributed by atoms with Crippen LogP contribution in [0.2, 0.25) is 10.0 Å². The molecule has 0 fully saturated rings. The molecule has 4 heteroatoms. The zero-order chi connectivity index (χ0) is 16.3. The predicted molar refractivity (Wildman–Crippen MR) is 100 cm³/mol. The summed E-state index contributed by atoms with van der Waals surface area (Å²) in [5.74, 6) is 0. The lowest BCUT2D eigenvalue weighted by Crippen LogP contribution is -2.34. The predicted octanol–water partition coefficient (Wildman–Crippen LogP) is 5.95. The molecule has 3 aromatic rings. The second-order valence-corrected chi connectivity index (χ2v) is 7.36. The van der Waals surface area contributed by atoms with Crippen molar-refractivity contribution in [3.8, 4) is 0 Å². The fourth-order valence-electron chi connectivity index (χ4n) is 2.35. The Labute approximate surface area is 150 Å². The van der Waals surface area contributed by atoms with E-state index in [0.717, 1.165) is 16.0 Å². The van der Waals surface area contributed by atoms with E-state index in [4.69, 9.17) is 28.9 Å². The molecule has 0 atom stereocenters. The zero-order valence-electron chi connectivity index (χ0n) is 12.2. The van der Waals surface area contributed by atoms with Gasteiger partial charge in [-0.1, -0.05) is 77.4 Å². The van der Waals surface area contributed by atoms with Crippen molar-refractivity contribution in [1.29, 1.82) is 0 Å². The van der Waals surface area contributed by atoms with Crippen LogP contribution in [0.5, 0.6) is 0 Å². The lowest BCUT2D eigenvalue weighted by Gasteiger charge is -2.30. The highest BCUT2D eigenvalue weighted by molar-refractivity contribution is 8.00. The number of halogens is 2. The molecule has 0 aliphatic carbocycles. The number of nitrogens with two attached hydrogens (primary N) is 1. The van der Waals surface area contributed by atoms with Crippen LogP contribution in [-0.2, 0) is 4.87 Å². The van der Waals surface area contributed by atoms with Crippen LogP contribution in [0, 0.1) is 0 Å². The molecule has 3 rings (SSSR count). The Morgan fingerprint density at radius 1 is 0.652 bits per heavy atom. The van der Waals surface area contributed by atoms with E-state index in [0.29, 0.717) is 10.0 Å². The van der Waals surface area contributed by atoms with E-state index in [-0.39, 0.29) is 0 Å². The van der Waals surface area contributed by atoms with Gasteiger partial charge in [-0.2, -0.15) is 0 Å². The molecular formula is C19H15Cl2NS. The minimum atomic E-state index is -0.726. The summed E-state index contributed by atoms with van der Waals surface area (Å²) in [6.45, 7) is 0. The molecule has 0 aliphatic rings. The third-order valence-electron chi connectivity index (χ3n) is 3.57. The molecule has 0 bridgehead atoms. The molecule has 1 nitrogen and oxygen atoms in total. The van der Waals surface area contributed by atoms with E-state index in [1.54, 1.807) is 11.8 Å². The van der Waals surface area contributed by atoms with Crippen molar-refractivity contribution in [3.05, 3.63) is 100 Å². The Bertz CT molecular complexity index is 725. The van der Waals surface area contributed by atoms with Crippen molar-refractivity contribution < 1.29 is 0 Å². The molecule has 0 radical (unpaired) electrons. The number of rotatable bonds is 4. The maximum atomic E-state index is 6.85. The largest absolute Gasteiger partial charge is 0.309 e. The maximum absolute atomic E-state index is 6.85. The van der Waals surface area contributed by atoms with Crippen LogP contribution < -0.4 is 5.73 Å². The minimum Gasteiger partial charge on any atom is -0.309 e. The SMILES string of the molecule is NC(Sc1ccccc1)(c1ccc(Cl)cc1)c1ccc(Cl)cc1. The second-order valence-electron chi connectivity index (χ2n) is 5.16. The van der Waals surface area contributed by atoms with Crippen LogP contribution in [-0.4, -0.2) is 0 Å². The summed E-state index contributed by atoms with van der Waals surface area (Å²) in [7, 11) is 0. The van der Waals surface area contributed by atoms with Crippen LogP contribution in [0.4, 0.5) is 0 Å². The van der Waals surface area contributed by atoms with Crippen molar-refractivity contribution in [2.24, 2.45) is 5.73 Å². The Morgan fingerprint density at radius 2 is 1.09 bits per heavy atom. The van der Waals surface area contributed by atoms with Gasteiger partial charge in [-0.3, -0.25) is 0 Å². The fraction of sp³-hybridized carbons (Fsp3) is 0.0526. The Morgan fingerprint density at radius 3 is 1.52 bits per heavy atom. The van der Waals surface area contributed by atoms with Crippen LogP contribution in [0.3, 0.4) is 0 Å². The van der Waals surface area contributed by atoms with Gasteiger partial charge in [-0.15, -0.1) is 0 Å². The lowest BCUT2D eigenvalue weighted by molar-refractivity contribution is 0.790. The monoisotopic (exact) mass is 359 g/mol. The number of hydrogen-bond donors (Lipinski definition) is 1. The normalized spacial score (nSPS) is 11.4. The molecule has 3 aromatic carbocycles. The van der Waals surface area contributed by atoms with E-state index in [1.807, 2.05) is 66.7 Å². The average molecular weight is 360 g/mol. The summed E-state index contributed by atoms with van der Waals surface area (Å²) in [5, 5.41) is 1.38. The lowest BCUT2D eigenvalue weighted by atomic mass is 9.99. The molecule has 0 aromatic heterocycles. The van der Waals surface area contributed by atoms with Crippen LogP contribution >= 0.6 is 35.0 Å². The van der Waals surface area contributed by atoms with Gasteiger partial charge in [0.25, 0.3) is 0 Å². The average Bonchev–Trinajstić information content (AvgIpc) is 2.57. The zero-order valence-corrected chi connectivity index (χ0v) is 14.6. The van der Waals surface area contributed by atoms with Gasteiger partial charge in [-0.25, -0.2) is 0 Å². The first-order valence-electron chi connectivity index (χ1n) is 7.13. The maximum Gasteiger partial charge on any atom is 0.118 e. The molecule has 0 amide bonds. The molecule has 0 saturated carbocycles. The third kappa shape index (κ3) is 3.73. The van der Waals surface area contributed by atoms with Crippen molar-refractivity contribution in [3.63, 3.8) is 0 Å². The van der Waals surface area contributed by atoms with E-state index in [2.05, 4.69) is 12.1 Å². The smallest absolute Gasteiger partial charge is 0.118 e. The van der Waals surface area contributed by atoms with E-state index in [9.17, 15) is 0 Å². The van der Waals surface area contributed by atoms with E-state index in [1.165, 1.54) is 0 Å². The Kier molecular flexibility index (Phi) is 4.98. The topological polar surface area (TPSA) is 26.0 Å². The van der Waals surface area contributed by atoms with Gasteiger partial charge in [0.05, 0.1) is 0 Å². The van der Waals surface area contributed by atoms with Gasteiger partial charge in [0, 0.05) is 14.9 Å². The van der Waals surface area contributed by atoms with Gasteiger partial charge < -0.3 is 5.73 Å². The summed E-state index contributed by atoms with van der Waals surface area (Å²) < 4.78 is 0. The standard InChI is InChI=1S/C19H15Cl2NS/c20-16-10-6-14(7-11-16)19(22,15-8-12-17(21)13-9-15)23-18-4-2-1-3-5-18/h1-13H,22H2. The van der Waals surface area contributed by atoms with Crippen molar-refractivity contribution >= 4 is 35.0 Å². The highest BCUT2D eigenvalue weighted by atomic mass is 35.5. The van der Waals surface area contributed by atoms with Crippen LogP contribution in [0.25, 0.3) is 0 Å². The van der Waals surface area contributed by atoms with Crippen LogP contribution in [0.15, 0.2) is 83.8 Å². The molecule has 0 aliphatic heterocycles. The number of thioether (sulfide) groups is 1. The van der Waals surface area contributed by atoms with Crippen molar-refractivity contribution in [2.75, 3.05) is 0 Å². The van der Waals surface area contributed by atoms with Gasteiger partial charge in [0.2, 0.25) is 0 Å². The number of benzene rings is 3. The van der Waals surface area contributed by atoms with Crippen molar-refractivity contribution in [1.82, 2.24) is 0 Å². The summed E-state index contributed by atoms with van der Waals surface area (Å²) in [5.41, 5.74) is 8.82. The fourth-order valence-corrected chi connectivity index (χ4v) is 3.78. The van der Waals surface area contributed by atoms with Gasteiger partial charge >= 0.3 is 0 Å². The third-order valence-corrected chi connectivity index (χ3v) is 5.37. The van der Waals surface area contributed by atoms with Gasteiger partial charge in [-0.05, 0) is 47.5 Å². The summed E-state index contributed by atoms with van der Waals surface area (Å²) in [6.07, 6.45) is 0. The molecule has 23 heavy (non-hydrogen) atoms. The number of hydrogen-bond acceptors (Lipinski definition) is 2. The highest BCUT2D eigenvalue weighted by Gasteiger charge is 2.31. The van der Waals surface area contributed by atoms with E-state index < -0.39 is 4.87 Å². The van der Waals surface area contributed by atoms with Crippen LogP contribution in [0.1, 0.15) is 11.1 Å². The quantitative estimate of drug-likeness (QED) is 0.460. The van der Waals surface area contributed by atoms with Gasteiger partial charge in [0.15, 0.2) is 0 Å². The Hall–Kier alpha value is -1.45. The summed E-state index contributed by atoms with van der Waals surface area (Å²) in [6, 6.07) is 25.4. The summed E-state index contributed by atoms with van der Waals surface area (Å²) >= 11 is 13.6. The first-order chi connectivity index (χ1) is 11.1. The highest BCUT2D eigenvalue weighted by Crippen LogP contribution is 2.42. The molecule has 0 saturated heterocycles. The van der Waals surface area contributed by atoms with Gasteiger partial charge in [0.1, 0.15) is 4.87 Å². The van der Waals surface area contributed by atoms with Crippen molar-refractivity contribution in [2.45, 2.75) is 9.77 Å². The molecule has 0 unspecified atom stereocenters. The van der Waals surface area contributed by atoms with E-state index >= 15 is 0 Å². The molecule has 116 valence electrons. The summed E-state index contributed by atoms with van der Waals surface area (Å²) in [4.78, 5) is 0.371. The minimum absolute atomic E-state index is 0.692.